The molecule has 0 saturated heterocycles. The van der Waals surface area contributed by atoms with E-state index in [1.165, 1.54) is 12.7 Å². The lowest BCUT2D eigenvalue weighted by atomic mass is 10.1. The second-order valence-electron chi connectivity index (χ2n) is 6.70. The Morgan fingerprint density at radius 2 is 1.82 bits per heavy atom. The molecule has 0 N–H and O–H groups in total. The average molecular weight is 487 g/mol. The smallest absolute Gasteiger partial charge is 0.177 e. The van der Waals surface area contributed by atoms with Crippen molar-refractivity contribution in [2.24, 2.45) is 0 Å². The molecule has 2 heterocycles. The van der Waals surface area contributed by atoms with Crippen LogP contribution in [0.1, 0.15) is 16.8 Å². The standard InChI is InChI=1S/C22H19FIN3O/c1-13-11-27(12-15-7-5-4-6-8-15)22-18(13)14(2)25-21(26-22)16-9-10-17(24)20(28-3)19(16)23/h4-11H,12H2,1-3H3. The fourth-order valence-electron chi connectivity index (χ4n) is 3.50. The zero-order valence-corrected chi connectivity index (χ0v) is 18.0. The van der Waals surface area contributed by atoms with E-state index < -0.39 is 5.82 Å². The summed E-state index contributed by atoms with van der Waals surface area (Å²) in [7, 11) is 1.47. The van der Waals surface area contributed by atoms with Gasteiger partial charge in [-0.2, -0.15) is 0 Å². The van der Waals surface area contributed by atoms with Crippen molar-refractivity contribution < 1.29 is 9.13 Å². The van der Waals surface area contributed by atoms with Crippen LogP contribution in [0.2, 0.25) is 0 Å². The van der Waals surface area contributed by atoms with E-state index in [4.69, 9.17) is 9.72 Å². The van der Waals surface area contributed by atoms with Gasteiger partial charge in [-0.05, 0) is 59.7 Å². The fourth-order valence-corrected chi connectivity index (χ4v) is 4.14. The van der Waals surface area contributed by atoms with Crippen molar-refractivity contribution in [3.63, 3.8) is 0 Å². The minimum Gasteiger partial charge on any atom is -0.493 e. The largest absolute Gasteiger partial charge is 0.493 e. The molecule has 0 atom stereocenters. The van der Waals surface area contributed by atoms with Gasteiger partial charge in [-0.1, -0.05) is 30.3 Å². The van der Waals surface area contributed by atoms with Crippen LogP contribution in [0.4, 0.5) is 4.39 Å². The maximum Gasteiger partial charge on any atom is 0.177 e. The molecule has 0 aliphatic heterocycles. The number of ether oxygens (including phenoxy) is 1. The molecule has 0 amide bonds. The molecular formula is C22H19FIN3O. The third kappa shape index (κ3) is 3.26. The Labute approximate surface area is 176 Å². The van der Waals surface area contributed by atoms with Gasteiger partial charge in [-0.3, -0.25) is 0 Å². The van der Waals surface area contributed by atoms with Crippen molar-refractivity contribution in [1.82, 2.24) is 14.5 Å². The molecule has 0 bridgehead atoms. The van der Waals surface area contributed by atoms with Crippen LogP contribution in [0.25, 0.3) is 22.4 Å². The zero-order chi connectivity index (χ0) is 19.8. The summed E-state index contributed by atoms with van der Waals surface area (Å²) in [4.78, 5) is 9.34. The summed E-state index contributed by atoms with van der Waals surface area (Å²) in [6, 6.07) is 13.7. The topological polar surface area (TPSA) is 39.9 Å². The highest BCUT2D eigenvalue weighted by molar-refractivity contribution is 14.1. The summed E-state index contributed by atoms with van der Waals surface area (Å²) in [5, 5.41) is 1.01. The van der Waals surface area contributed by atoms with Gasteiger partial charge in [0.1, 0.15) is 5.65 Å². The number of nitrogens with zero attached hydrogens (tertiary/aromatic N) is 3. The Balaban J connectivity index is 1.89. The SMILES string of the molecule is COc1c(I)ccc(-c2nc(C)c3c(C)cn(Cc4ccccc4)c3n2)c1F. The van der Waals surface area contributed by atoms with Gasteiger partial charge in [0.15, 0.2) is 17.4 Å². The van der Waals surface area contributed by atoms with E-state index in [0.717, 1.165) is 22.3 Å². The third-order valence-electron chi connectivity index (χ3n) is 4.78. The number of halogens is 2. The van der Waals surface area contributed by atoms with Crippen molar-refractivity contribution in [1.29, 1.82) is 0 Å². The van der Waals surface area contributed by atoms with Gasteiger partial charge < -0.3 is 9.30 Å². The molecule has 4 aromatic rings. The molecule has 28 heavy (non-hydrogen) atoms. The Morgan fingerprint density at radius 1 is 1.07 bits per heavy atom. The summed E-state index contributed by atoms with van der Waals surface area (Å²) in [5.74, 6) is 0.144. The molecule has 4 nitrogen and oxygen atoms in total. The summed E-state index contributed by atoms with van der Waals surface area (Å²) in [6.07, 6.45) is 2.08. The van der Waals surface area contributed by atoms with Crippen molar-refractivity contribution >= 4 is 33.6 Å². The molecule has 0 saturated carbocycles. The Bertz CT molecular complexity index is 1170. The molecular weight excluding hydrogens is 468 g/mol. The van der Waals surface area contributed by atoms with Crippen LogP contribution < -0.4 is 4.74 Å². The first-order valence-corrected chi connectivity index (χ1v) is 9.98. The average Bonchev–Trinajstić information content (AvgIpc) is 2.99. The van der Waals surface area contributed by atoms with Crippen LogP contribution in [0.15, 0.2) is 48.7 Å². The monoisotopic (exact) mass is 487 g/mol. The summed E-state index contributed by atoms with van der Waals surface area (Å²) >= 11 is 2.05. The normalized spacial score (nSPS) is 11.2. The molecule has 0 unspecified atom stereocenters. The first kappa shape index (κ1) is 18.9. The van der Waals surface area contributed by atoms with Gasteiger partial charge in [-0.15, -0.1) is 0 Å². The zero-order valence-electron chi connectivity index (χ0n) is 15.8. The Hall–Kier alpha value is -2.48. The lowest BCUT2D eigenvalue weighted by Gasteiger charge is -2.11. The highest BCUT2D eigenvalue weighted by atomic mass is 127. The second kappa shape index (κ2) is 7.50. The molecule has 6 heteroatoms. The highest BCUT2D eigenvalue weighted by Gasteiger charge is 2.19. The van der Waals surface area contributed by atoms with Crippen molar-refractivity contribution in [2.75, 3.05) is 7.11 Å². The van der Waals surface area contributed by atoms with Gasteiger partial charge in [0.05, 0.1) is 21.9 Å². The molecule has 2 aromatic carbocycles. The summed E-state index contributed by atoms with van der Waals surface area (Å²) < 4.78 is 23.0. The van der Waals surface area contributed by atoms with Crippen LogP contribution in [0.3, 0.4) is 0 Å². The molecule has 0 aliphatic carbocycles. The van der Waals surface area contributed by atoms with Crippen LogP contribution in [-0.4, -0.2) is 21.6 Å². The number of hydrogen-bond acceptors (Lipinski definition) is 3. The minimum atomic E-state index is -0.439. The molecule has 0 fully saturated rings. The van der Waals surface area contributed by atoms with E-state index in [-0.39, 0.29) is 5.75 Å². The van der Waals surface area contributed by atoms with E-state index in [0.29, 0.717) is 21.5 Å². The van der Waals surface area contributed by atoms with Gasteiger partial charge in [0.2, 0.25) is 0 Å². The molecule has 0 aliphatic rings. The van der Waals surface area contributed by atoms with Gasteiger partial charge in [0, 0.05) is 18.1 Å². The number of aryl methyl sites for hydroxylation is 2. The Morgan fingerprint density at radius 3 is 2.54 bits per heavy atom. The molecule has 2 aromatic heterocycles. The maximum absolute atomic E-state index is 15.0. The number of benzene rings is 2. The van der Waals surface area contributed by atoms with Crippen LogP contribution >= 0.6 is 22.6 Å². The number of aromatic nitrogens is 3. The van der Waals surface area contributed by atoms with Crippen LogP contribution in [0.5, 0.6) is 5.75 Å². The first-order valence-electron chi connectivity index (χ1n) is 8.90. The van der Waals surface area contributed by atoms with Crippen molar-refractivity contribution in [2.45, 2.75) is 20.4 Å². The van der Waals surface area contributed by atoms with E-state index in [9.17, 15) is 4.39 Å². The summed E-state index contributed by atoms with van der Waals surface area (Å²) in [5.41, 5.74) is 4.27. The molecule has 0 spiro atoms. The lowest BCUT2D eigenvalue weighted by molar-refractivity contribution is 0.384. The number of rotatable bonds is 4. The maximum atomic E-state index is 15.0. The predicted molar refractivity (Wildman–Crippen MR) is 117 cm³/mol. The van der Waals surface area contributed by atoms with Crippen LogP contribution in [0, 0.1) is 23.2 Å². The molecule has 142 valence electrons. The van der Waals surface area contributed by atoms with E-state index in [1.54, 1.807) is 6.07 Å². The number of hydrogen-bond donors (Lipinski definition) is 0. The highest BCUT2D eigenvalue weighted by Crippen LogP contribution is 2.33. The van der Waals surface area contributed by atoms with Gasteiger partial charge in [-0.25, -0.2) is 14.4 Å². The van der Waals surface area contributed by atoms with Crippen LogP contribution in [-0.2, 0) is 6.54 Å². The predicted octanol–water partition coefficient (Wildman–Crippen LogP) is 5.52. The minimum absolute atomic E-state index is 0.218. The Kier molecular flexibility index (Phi) is 5.05. The lowest BCUT2D eigenvalue weighted by Crippen LogP contribution is -2.03. The fraction of sp³-hybridized carbons (Fsp3) is 0.182. The van der Waals surface area contributed by atoms with Gasteiger partial charge in [0.25, 0.3) is 0 Å². The van der Waals surface area contributed by atoms with E-state index >= 15 is 0 Å². The van der Waals surface area contributed by atoms with E-state index in [2.05, 4.69) is 50.5 Å². The summed E-state index contributed by atoms with van der Waals surface area (Å²) in [6.45, 7) is 4.68. The molecule has 0 radical (unpaired) electrons. The second-order valence-corrected chi connectivity index (χ2v) is 7.86. The van der Waals surface area contributed by atoms with Crippen molar-refractivity contribution in [3.05, 3.63) is 74.9 Å². The van der Waals surface area contributed by atoms with Gasteiger partial charge >= 0.3 is 0 Å². The quantitative estimate of drug-likeness (QED) is 0.356. The van der Waals surface area contributed by atoms with Crippen molar-refractivity contribution in [3.8, 4) is 17.1 Å². The first-order chi connectivity index (χ1) is 13.5. The number of fused-ring (bicyclic) bond motifs is 1. The number of methoxy groups -OCH3 is 1. The molecule has 4 rings (SSSR count). The van der Waals surface area contributed by atoms with E-state index in [1.807, 2.05) is 38.1 Å². The third-order valence-corrected chi connectivity index (χ3v) is 5.63.